The van der Waals surface area contributed by atoms with Gasteiger partial charge in [0.25, 0.3) is 5.91 Å². The highest BCUT2D eigenvalue weighted by atomic mass is 16.2. The number of benzene rings is 3. The quantitative estimate of drug-likeness (QED) is 0.493. The Morgan fingerprint density at radius 2 is 1.63 bits per heavy atom. The summed E-state index contributed by atoms with van der Waals surface area (Å²) in [5.74, 6) is -0.0192. The van der Waals surface area contributed by atoms with E-state index in [9.17, 15) is 4.79 Å². The average molecular weight is 352 g/mol. The van der Waals surface area contributed by atoms with E-state index in [1.165, 1.54) is 10.8 Å². The van der Waals surface area contributed by atoms with Gasteiger partial charge in [0.1, 0.15) is 0 Å². The minimum absolute atomic E-state index is 0.0192. The predicted octanol–water partition coefficient (Wildman–Crippen LogP) is 5.39. The van der Waals surface area contributed by atoms with E-state index in [0.717, 1.165) is 16.8 Å². The third-order valence-corrected chi connectivity index (χ3v) is 4.72. The van der Waals surface area contributed by atoms with Crippen LogP contribution in [0.5, 0.6) is 0 Å². The molecule has 4 rings (SSSR count). The van der Waals surface area contributed by atoms with Crippen LogP contribution in [0, 0.1) is 6.92 Å². The van der Waals surface area contributed by atoms with Crippen LogP contribution in [0.25, 0.3) is 10.8 Å². The summed E-state index contributed by atoms with van der Waals surface area (Å²) in [6.45, 7) is 2.43. The first-order valence-electron chi connectivity index (χ1n) is 8.97. The fourth-order valence-electron chi connectivity index (χ4n) is 3.27. The number of amides is 1. The Kier molecular flexibility index (Phi) is 4.67. The molecular formula is C24H20N2O. The van der Waals surface area contributed by atoms with E-state index < -0.39 is 0 Å². The van der Waals surface area contributed by atoms with Crippen LogP contribution < -0.4 is 4.90 Å². The lowest BCUT2D eigenvalue weighted by Gasteiger charge is -2.24. The highest BCUT2D eigenvalue weighted by molar-refractivity contribution is 6.06. The first-order valence-corrected chi connectivity index (χ1v) is 8.97. The van der Waals surface area contributed by atoms with Gasteiger partial charge in [0.15, 0.2) is 0 Å². The molecule has 0 fully saturated rings. The fourth-order valence-corrected chi connectivity index (χ4v) is 3.27. The van der Waals surface area contributed by atoms with Gasteiger partial charge in [-0.25, -0.2) is 0 Å². The van der Waals surface area contributed by atoms with Crippen LogP contribution in [-0.4, -0.2) is 10.9 Å². The van der Waals surface area contributed by atoms with Crippen LogP contribution >= 0.6 is 0 Å². The van der Waals surface area contributed by atoms with E-state index >= 15 is 0 Å². The van der Waals surface area contributed by atoms with Gasteiger partial charge in [-0.05, 0) is 53.1 Å². The number of aryl methyl sites for hydroxylation is 1. The van der Waals surface area contributed by atoms with E-state index in [1.807, 2.05) is 54.3 Å². The molecule has 4 aromatic rings. The molecule has 0 radical (unpaired) electrons. The summed E-state index contributed by atoms with van der Waals surface area (Å²) < 4.78 is 0. The smallest absolute Gasteiger partial charge is 0.258 e. The molecule has 3 heteroatoms. The molecule has 0 saturated carbocycles. The molecule has 0 spiro atoms. The minimum Gasteiger partial charge on any atom is -0.304 e. The van der Waals surface area contributed by atoms with E-state index in [1.54, 1.807) is 18.5 Å². The van der Waals surface area contributed by atoms with Crippen molar-refractivity contribution in [2.45, 2.75) is 13.5 Å². The number of fused-ring (bicyclic) bond motifs is 1. The van der Waals surface area contributed by atoms with Gasteiger partial charge in [0.2, 0.25) is 0 Å². The van der Waals surface area contributed by atoms with Crippen molar-refractivity contribution >= 4 is 22.4 Å². The lowest BCUT2D eigenvalue weighted by Crippen LogP contribution is -2.31. The zero-order valence-electron chi connectivity index (χ0n) is 15.2. The highest BCUT2D eigenvalue weighted by Gasteiger charge is 2.19. The van der Waals surface area contributed by atoms with E-state index in [-0.39, 0.29) is 5.91 Å². The molecule has 132 valence electrons. The number of pyridine rings is 1. The van der Waals surface area contributed by atoms with Crippen LogP contribution in [0.4, 0.5) is 5.69 Å². The van der Waals surface area contributed by atoms with Crippen molar-refractivity contribution in [2.24, 2.45) is 0 Å². The highest BCUT2D eigenvalue weighted by Crippen LogP contribution is 2.23. The van der Waals surface area contributed by atoms with Crippen molar-refractivity contribution in [2.75, 3.05) is 4.90 Å². The van der Waals surface area contributed by atoms with Gasteiger partial charge in [-0.3, -0.25) is 9.78 Å². The molecule has 0 bridgehead atoms. The monoisotopic (exact) mass is 352 g/mol. The summed E-state index contributed by atoms with van der Waals surface area (Å²) in [6, 6.07) is 26.2. The molecule has 0 aliphatic carbocycles. The SMILES string of the molecule is Cc1cnccc1C(=O)N(Cc1ccc2ccccc2c1)c1ccccc1. The van der Waals surface area contributed by atoms with Crippen LogP contribution in [-0.2, 0) is 6.54 Å². The number of hydrogen-bond donors (Lipinski definition) is 0. The van der Waals surface area contributed by atoms with Gasteiger partial charge in [0.05, 0.1) is 6.54 Å². The number of hydrogen-bond acceptors (Lipinski definition) is 2. The molecule has 0 unspecified atom stereocenters. The largest absolute Gasteiger partial charge is 0.304 e. The van der Waals surface area contributed by atoms with Crippen molar-refractivity contribution in [3.05, 3.63) is 108 Å². The number of rotatable bonds is 4. The molecular weight excluding hydrogens is 332 g/mol. The Morgan fingerprint density at radius 3 is 2.41 bits per heavy atom. The molecule has 0 aliphatic rings. The third kappa shape index (κ3) is 3.58. The molecule has 0 atom stereocenters. The van der Waals surface area contributed by atoms with Crippen molar-refractivity contribution < 1.29 is 4.79 Å². The standard InChI is InChI=1S/C24H20N2O/c1-18-16-25-14-13-23(18)24(27)26(22-9-3-2-4-10-22)17-19-11-12-20-7-5-6-8-21(20)15-19/h2-16H,17H2,1H3. The maximum atomic E-state index is 13.3. The Hall–Kier alpha value is -3.46. The summed E-state index contributed by atoms with van der Waals surface area (Å²) in [6.07, 6.45) is 3.39. The lowest BCUT2D eigenvalue weighted by atomic mass is 10.1. The maximum Gasteiger partial charge on any atom is 0.258 e. The number of nitrogens with zero attached hydrogens (tertiary/aromatic N) is 2. The number of carbonyl (C=O) groups is 1. The molecule has 27 heavy (non-hydrogen) atoms. The number of carbonyl (C=O) groups excluding carboxylic acids is 1. The summed E-state index contributed by atoms with van der Waals surface area (Å²) in [7, 11) is 0. The van der Waals surface area contributed by atoms with Crippen LogP contribution in [0.3, 0.4) is 0 Å². The maximum absolute atomic E-state index is 13.3. The van der Waals surface area contributed by atoms with E-state index in [0.29, 0.717) is 12.1 Å². The van der Waals surface area contributed by atoms with Gasteiger partial charge < -0.3 is 4.90 Å². The van der Waals surface area contributed by atoms with Crippen molar-refractivity contribution in [1.82, 2.24) is 4.98 Å². The van der Waals surface area contributed by atoms with Crippen LogP contribution in [0.2, 0.25) is 0 Å². The molecule has 1 aromatic heterocycles. The van der Waals surface area contributed by atoms with Gasteiger partial charge >= 0.3 is 0 Å². The second-order valence-electron chi connectivity index (χ2n) is 6.60. The van der Waals surface area contributed by atoms with Gasteiger partial charge in [0, 0.05) is 23.6 Å². The molecule has 3 aromatic carbocycles. The normalized spacial score (nSPS) is 10.7. The molecule has 0 N–H and O–H groups in total. The summed E-state index contributed by atoms with van der Waals surface area (Å²) in [5, 5.41) is 2.37. The Morgan fingerprint density at radius 1 is 0.889 bits per heavy atom. The van der Waals surface area contributed by atoms with Gasteiger partial charge in [-0.15, -0.1) is 0 Å². The van der Waals surface area contributed by atoms with Crippen molar-refractivity contribution in [1.29, 1.82) is 0 Å². The summed E-state index contributed by atoms with van der Waals surface area (Å²) >= 11 is 0. The van der Waals surface area contributed by atoms with Crippen LogP contribution in [0.1, 0.15) is 21.5 Å². The molecule has 1 amide bonds. The first-order chi connectivity index (χ1) is 13.2. The summed E-state index contributed by atoms with van der Waals surface area (Å²) in [5.41, 5.74) is 3.53. The Labute approximate surface area is 158 Å². The average Bonchev–Trinajstić information content (AvgIpc) is 2.72. The lowest BCUT2D eigenvalue weighted by molar-refractivity contribution is 0.0984. The number of para-hydroxylation sites is 1. The van der Waals surface area contributed by atoms with Crippen molar-refractivity contribution in [3.8, 4) is 0 Å². The minimum atomic E-state index is -0.0192. The molecule has 1 heterocycles. The van der Waals surface area contributed by atoms with Crippen molar-refractivity contribution in [3.63, 3.8) is 0 Å². The van der Waals surface area contributed by atoms with E-state index in [4.69, 9.17) is 0 Å². The second kappa shape index (κ2) is 7.42. The van der Waals surface area contributed by atoms with Gasteiger partial charge in [-0.2, -0.15) is 0 Å². The van der Waals surface area contributed by atoms with E-state index in [2.05, 4.69) is 35.3 Å². The zero-order valence-corrected chi connectivity index (χ0v) is 15.2. The first kappa shape index (κ1) is 17.0. The molecule has 0 aliphatic heterocycles. The van der Waals surface area contributed by atoms with Gasteiger partial charge in [-0.1, -0.05) is 54.6 Å². The molecule has 0 saturated heterocycles. The summed E-state index contributed by atoms with van der Waals surface area (Å²) in [4.78, 5) is 19.3. The third-order valence-electron chi connectivity index (χ3n) is 4.72. The number of aromatic nitrogens is 1. The fraction of sp³-hybridized carbons (Fsp3) is 0.0833. The zero-order chi connectivity index (χ0) is 18.6. The Bertz CT molecular complexity index is 1090. The van der Waals surface area contributed by atoms with Crippen LogP contribution in [0.15, 0.2) is 91.3 Å². The predicted molar refractivity (Wildman–Crippen MR) is 110 cm³/mol. The topological polar surface area (TPSA) is 33.2 Å². The Balaban J connectivity index is 1.74. The second-order valence-corrected chi connectivity index (χ2v) is 6.60. The molecule has 3 nitrogen and oxygen atoms in total. The number of anilines is 1.